The molecule has 7 aliphatic rings. The number of ketones is 1. The second kappa shape index (κ2) is 4.20. The summed E-state index contributed by atoms with van der Waals surface area (Å²) in [5.41, 5.74) is 3.10. The summed E-state index contributed by atoms with van der Waals surface area (Å²) < 4.78 is 6.08. The maximum atomic E-state index is 12.0. The highest BCUT2D eigenvalue weighted by Gasteiger charge is 2.79. The summed E-state index contributed by atoms with van der Waals surface area (Å²) in [6, 6.07) is 0. The van der Waals surface area contributed by atoms with E-state index < -0.39 is 0 Å². The summed E-state index contributed by atoms with van der Waals surface area (Å²) in [5.74, 6) is 5.42. The maximum Gasteiger partial charge on any atom is 0.331 e. The Labute approximate surface area is 154 Å². The van der Waals surface area contributed by atoms with E-state index in [1.165, 1.54) is 25.7 Å². The van der Waals surface area contributed by atoms with E-state index in [1.807, 2.05) is 0 Å². The summed E-state index contributed by atoms with van der Waals surface area (Å²) in [5, 5.41) is 0. The van der Waals surface area contributed by atoms with Gasteiger partial charge in [0, 0.05) is 30.3 Å². The van der Waals surface area contributed by atoms with Crippen LogP contribution >= 0.6 is 0 Å². The van der Waals surface area contributed by atoms with Gasteiger partial charge in [-0.1, -0.05) is 18.1 Å². The molecule has 3 nitrogen and oxygen atoms in total. The summed E-state index contributed by atoms with van der Waals surface area (Å²) in [6.45, 7) is 2.44. The van der Waals surface area contributed by atoms with E-state index in [0.29, 0.717) is 23.5 Å². The fraction of sp³-hybridized carbons (Fsp3) is 0.739. The number of fused-ring (bicyclic) bond motifs is 11. The molecule has 0 radical (unpaired) electrons. The first-order valence-corrected chi connectivity index (χ1v) is 10.7. The number of hydrogen-bond acceptors (Lipinski definition) is 3. The standard InChI is InChI=1S/C23H26O3/c1-22-6-4-13-12-3-2-11(24)8-14(12)15-9-16(15)20(13)21(22)17-10-18(17)23(22)7-5-19(25)26-23/h5,7,13,15-18,20-21H,2-4,6,8-10H2,1H3/t13?,15?,16?,17?,18?,20?,21?,22-,23-/m0/s1. The number of hydrogen-bond donors (Lipinski definition) is 0. The number of rotatable bonds is 0. The van der Waals surface area contributed by atoms with Crippen LogP contribution in [0.4, 0.5) is 0 Å². The zero-order valence-electron chi connectivity index (χ0n) is 15.4. The van der Waals surface area contributed by atoms with Crippen molar-refractivity contribution >= 4 is 11.8 Å². The lowest BCUT2D eigenvalue weighted by molar-refractivity contribution is -0.166. The fourth-order valence-corrected chi connectivity index (χ4v) is 8.82. The topological polar surface area (TPSA) is 43.4 Å². The van der Waals surface area contributed by atoms with Gasteiger partial charge >= 0.3 is 5.97 Å². The van der Waals surface area contributed by atoms with Gasteiger partial charge in [0.1, 0.15) is 11.4 Å². The minimum absolute atomic E-state index is 0.122. The molecule has 1 aliphatic heterocycles. The molecule has 0 aromatic carbocycles. The molecule has 4 fully saturated rings. The third-order valence-electron chi connectivity index (χ3n) is 9.77. The Kier molecular flexibility index (Phi) is 2.37. The van der Waals surface area contributed by atoms with E-state index in [9.17, 15) is 9.59 Å². The lowest BCUT2D eigenvalue weighted by atomic mass is 9.50. The number of allylic oxidation sites excluding steroid dienone is 2. The van der Waals surface area contributed by atoms with Crippen molar-refractivity contribution in [3.63, 3.8) is 0 Å². The van der Waals surface area contributed by atoms with Crippen LogP contribution in [0.15, 0.2) is 23.3 Å². The van der Waals surface area contributed by atoms with Gasteiger partial charge in [0.25, 0.3) is 0 Å². The zero-order valence-corrected chi connectivity index (χ0v) is 15.4. The molecular formula is C23H26O3. The number of carbonyl (C=O) groups is 2. The monoisotopic (exact) mass is 350 g/mol. The Morgan fingerprint density at radius 1 is 1.08 bits per heavy atom. The SMILES string of the molecule is C[C@]12CCC3C4=C(CC(=O)CC4)C4CC4C3C1C1CC1[C@@]21C=CC(=O)O1. The Hall–Kier alpha value is -1.38. The van der Waals surface area contributed by atoms with Gasteiger partial charge in [-0.3, -0.25) is 4.79 Å². The van der Waals surface area contributed by atoms with Crippen LogP contribution in [0, 0.1) is 46.8 Å². The first-order valence-electron chi connectivity index (χ1n) is 10.7. The van der Waals surface area contributed by atoms with Crippen LogP contribution in [0.25, 0.3) is 0 Å². The lowest BCUT2D eigenvalue weighted by Crippen LogP contribution is -2.54. The first kappa shape index (κ1) is 14.6. The highest BCUT2D eigenvalue weighted by Crippen LogP contribution is 2.80. The molecule has 0 aromatic heterocycles. The highest BCUT2D eigenvalue weighted by molar-refractivity contribution is 5.86. The van der Waals surface area contributed by atoms with E-state index >= 15 is 0 Å². The van der Waals surface area contributed by atoms with Crippen molar-refractivity contribution < 1.29 is 14.3 Å². The third-order valence-corrected chi connectivity index (χ3v) is 9.77. The van der Waals surface area contributed by atoms with E-state index in [4.69, 9.17) is 4.74 Å². The van der Waals surface area contributed by atoms with Crippen molar-refractivity contribution in [3.8, 4) is 0 Å². The van der Waals surface area contributed by atoms with Crippen LogP contribution in [0.5, 0.6) is 0 Å². The van der Waals surface area contributed by atoms with Gasteiger partial charge in [0.15, 0.2) is 0 Å². The van der Waals surface area contributed by atoms with Crippen molar-refractivity contribution in [2.45, 2.75) is 57.5 Å². The second-order valence-electron chi connectivity index (χ2n) is 10.5. The molecule has 7 unspecified atom stereocenters. The molecule has 7 rings (SSSR count). The van der Waals surface area contributed by atoms with Crippen molar-refractivity contribution in [3.05, 3.63) is 23.3 Å². The van der Waals surface area contributed by atoms with Gasteiger partial charge in [0.2, 0.25) is 0 Å². The molecule has 0 bridgehead atoms. The quantitative estimate of drug-likeness (QED) is 0.492. The molecule has 0 aromatic rings. The van der Waals surface area contributed by atoms with Crippen LogP contribution in [0.3, 0.4) is 0 Å². The van der Waals surface area contributed by atoms with E-state index in [0.717, 1.165) is 42.9 Å². The molecular weight excluding hydrogens is 324 g/mol. The molecule has 3 heteroatoms. The van der Waals surface area contributed by atoms with Crippen LogP contribution in [-0.4, -0.2) is 17.4 Å². The molecule has 136 valence electrons. The van der Waals surface area contributed by atoms with Crippen LogP contribution < -0.4 is 0 Å². The third kappa shape index (κ3) is 1.44. The molecule has 26 heavy (non-hydrogen) atoms. The van der Waals surface area contributed by atoms with Gasteiger partial charge in [-0.05, 0) is 73.7 Å². The average molecular weight is 350 g/mol. The number of ether oxygens (including phenoxy) is 1. The maximum absolute atomic E-state index is 12.0. The lowest BCUT2D eigenvalue weighted by Gasteiger charge is -2.55. The second-order valence-corrected chi connectivity index (χ2v) is 10.5. The summed E-state index contributed by atoms with van der Waals surface area (Å²) in [7, 11) is 0. The number of carbonyl (C=O) groups excluding carboxylic acids is 2. The predicted molar refractivity (Wildman–Crippen MR) is 94.9 cm³/mol. The van der Waals surface area contributed by atoms with Gasteiger partial charge in [-0.15, -0.1) is 0 Å². The average Bonchev–Trinajstić information content (AvgIpc) is 3.51. The molecule has 4 saturated carbocycles. The molecule has 0 saturated heterocycles. The van der Waals surface area contributed by atoms with Gasteiger partial charge in [-0.25, -0.2) is 4.79 Å². The summed E-state index contributed by atoms with van der Waals surface area (Å²) in [4.78, 5) is 24.1. The van der Waals surface area contributed by atoms with E-state index in [-0.39, 0.29) is 17.0 Å². The molecule has 9 atom stereocenters. The predicted octanol–water partition coefficient (Wildman–Crippen LogP) is 3.84. The Morgan fingerprint density at radius 2 is 1.96 bits per heavy atom. The van der Waals surface area contributed by atoms with Crippen molar-refractivity contribution in [1.29, 1.82) is 0 Å². The molecule has 1 heterocycles. The molecule has 0 amide bonds. The minimum atomic E-state index is -0.300. The highest BCUT2D eigenvalue weighted by atomic mass is 16.6. The molecule has 1 spiro atoms. The Morgan fingerprint density at radius 3 is 2.77 bits per heavy atom. The molecule has 6 aliphatic carbocycles. The van der Waals surface area contributed by atoms with Crippen LogP contribution in [0.1, 0.15) is 51.9 Å². The van der Waals surface area contributed by atoms with E-state index in [1.54, 1.807) is 17.2 Å². The van der Waals surface area contributed by atoms with Crippen LogP contribution in [-0.2, 0) is 14.3 Å². The molecule has 0 N–H and O–H groups in total. The fourth-order valence-electron chi connectivity index (χ4n) is 8.82. The normalized spacial score (nSPS) is 58.0. The number of esters is 1. The smallest absolute Gasteiger partial charge is 0.331 e. The van der Waals surface area contributed by atoms with Crippen molar-refractivity contribution in [2.75, 3.05) is 0 Å². The van der Waals surface area contributed by atoms with Crippen molar-refractivity contribution in [1.82, 2.24) is 0 Å². The van der Waals surface area contributed by atoms with Gasteiger partial charge in [0.05, 0.1) is 0 Å². The largest absolute Gasteiger partial charge is 0.451 e. The van der Waals surface area contributed by atoms with Gasteiger partial charge in [-0.2, -0.15) is 0 Å². The Bertz CT molecular complexity index is 836. The Balaban J connectivity index is 1.33. The summed E-state index contributed by atoms with van der Waals surface area (Å²) in [6.07, 6.45) is 11.4. The van der Waals surface area contributed by atoms with Crippen LogP contribution in [0.2, 0.25) is 0 Å². The van der Waals surface area contributed by atoms with E-state index in [2.05, 4.69) is 13.0 Å². The first-order chi connectivity index (χ1) is 12.5. The minimum Gasteiger partial charge on any atom is -0.451 e. The summed E-state index contributed by atoms with van der Waals surface area (Å²) >= 11 is 0. The zero-order chi connectivity index (χ0) is 17.4. The van der Waals surface area contributed by atoms with Crippen molar-refractivity contribution in [2.24, 2.45) is 46.8 Å². The number of Topliss-reactive ketones (excluding diaryl/α,β-unsaturated/α-hetero) is 1. The van der Waals surface area contributed by atoms with Gasteiger partial charge < -0.3 is 4.74 Å².